The van der Waals surface area contributed by atoms with Crippen LogP contribution < -0.4 is 10.1 Å². The highest BCUT2D eigenvalue weighted by molar-refractivity contribution is 7.22. The number of rotatable bonds is 7. The van der Waals surface area contributed by atoms with Gasteiger partial charge in [-0.3, -0.25) is 14.9 Å². The van der Waals surface area contributed by atoms with Gasteiger partial charge in [-0.25, -0.2) is 4.98 Å². The summed E-state index contributed by atoms with van der Waals surface area (Å²) in [7, 11) is 0. The van der Waals surface area contributed by atoms with E-state index in [1.54, 1.807) is 6.07 Å². The van der Waals surface area contributed by atoms with Gasteiger partial charge in [0.2, 0.25) is 0 Å². The van der Waals surface area contributed by atoms with Crippen LogP contribution >= 0.6 is 11.3 Å². The van der Waals surface area contributed by atoms with E-state index in [1.165, 1.54) is 29.5 Å². The maximum atomic E-state index is 12.2. The summed E-state index contributed by atoms with van der Waals surface area (Å²) in [6.07, 6.45) is 0. The van der Waals surface area contributed by atoms with Crippen LogP contribution in [-0.2, 0) is 0 Å². The molecule has 0 fully saturated rings. The number of anilines is 1. The lowest BCUT2D eigenvalue weighted by Crippen LogP contribution is -2.14. The van der Waals surface area contributed by atoms with Crippen LogP contribution in [0.5, 0.6) is 5.75 Å². The number of para-hydroxylation sites is 1. The number of ketones is 1. The number of Topliss-reactive ketones (excluding diaryl/α,β-unsaturated/α-hetero) is 1. The minimum absolute atomic E-state index is 0.00492. The summed E-state index contributed by atoms with van der Waals surface area (Å²) in [5, 5.41) is 14.4. The second kappa shape index (κ2) is 7.27. The van der Waals surface area contributed by atoms with Crippen LogP contribution in [0.4, 0.5) is 10.8 Å². The minimum atomic E-state index is -0.521. The first-order chi connectivity index (χ1) is 12.1. The third kappa shape index (κ3) is 3.74. The van der Waals surface area contributed by atoms with E-state index in [0.717, 1.165) is 10.2 Å². The molecule has 0 aliphatic heterocycles. The van der Waals surface area contributed by atoms with Gasteiger partial charge < -0.3 is 10.1 Å². The summed E-state index contributed by atoms with van der Waals surface area (Å²) in [5.74, 6) is 0.460. The molecule has 3 rings (SSSR count). The molecule has 0 amide bonds. The molecular weight excluding hydrogens is 342 g/mol. The molecule has 0 saturated carbocycles. The smallest absolute Gasteiger partial charge is 0.270 e. The van der Waals surface area contributed by atoms with Gasteiger partial charge in [0, 0.05) is 17.7 Å². The van der Waals surface area contributed by atoms with Crippen molar-refractivity contribution < 1.29 is 14.5 Å². The van der Waals surface area contributed by atoms with Crippen molar-refractivity contribution in [2.75, 3.05) is 18.5 Å². The van der Waals surface area contributed by atoms with Gasteiger partial charge in [-0.1, -0.05) is 29.5 Å². The molecule has 128 valence electrons. The molecule has 25 heavy (non-hydrogen) atoms. The number of thiazole rings is 1. The Balaban J connectivity index is 1.74. The zero-order valence-electron chi connectivity index (χ0n) is 13.4. The molecule has 1 N–H and O–H groups in total. The van der Waals surface area contributed by atoms with E-state index in [1.807, 2.05) is 25.1 Å². The molecule has 0 aliphatic rings. The number of hydrogen-bond donors (Lipinski definition) is 1. The fourth-order valence-electron chi connectivity index (χ4n) is 2.32. The van der Waals surface area contributed by atoms with Gasteiger partial charge in [0.05, 0.1) is 22.8 Å². The summed E-state index contributed by atoms with van der Waals surface area (Å²) in [6.45, 7) is 2.46. The molecule has 7 nitrogen and oxygen atoms in total. The van der Waals surface area contributed by atoms with Gasteiger partial charge in [-0.05, 0) is 19.1 Å². The fraction of sp³-hybridized carbons (Fsp3) is 0.176. The maximum Gasteiger partial charge on any atom is 0.270 e. The molecular formula is C17H15N3O4S. The Labute approximate surface area is 147 Å². The first-order valence-electron chi connectivity index (χ1n) is 7.62. The van der Waals surface area contributed by atoms with E-state index in [9.17, 15) is 14.9 Å². The molecule has 0 aliphatic carbocycles. The van der Waals surface area contributed by atoms with Gasteiger partial charge >= 0.3 is 0 Å². The van der Waals surface area contributed by atoms with Gasteiger partial charge in [-0.2, -0.15) is 0 Å². The lowest BCUT2D eigenvalue weighted by atomic mass is 10.1. The number of benzene rings is 2. The summed E-state index contributed by atoms with van der Waals surface area (Å²) in [5.41, 5.74) is 0.935. The number of fused-ring (bicyclic) bond motifs is 1. The van der Waals surface area contributed by atoms with Crippen LogP contribution in [0.2, 0.25) is 0 Å². The number of nitro benzene ring substituents is 1. The lowest BCUT2D eigenvalue weighted by Gasteiger charge is -2.03. The molecule has 3 aromatic rings. The van der Waals surface area contributed by atoms with Gasteiger partial charge in [0.1, 0.15) is 11.3 Å². The van der Waals surface area contributed by atoms with Gasteiger partial charge in [0.25, 0.3) is 5.69 Å². The highest BCUT2D eigenvalue weighted by Gasteiger charge is 2.13. The number of nitrogens with zero attached hydrogens (tertiary/aromatic N) is 2. The number of carbonyl (C=O) groups excluding carboxylic acids is 1. The van der Waals surface area contributed by atoms with Gasteiger partial charge in [0.15, 0.2) is 10.9 Å². The van der Waals surface area contributed by atoms with Crippen molar-refractivity contribution in [2.24, 2.45) is 0 Å². The van der Waals surface area contributed by atoms with E-state index in [0.29, 0.717) is 17.5 Å². The molecule has 0 saturated heterocycles. The SMILES string of the molecule is CCOc1cccc2sc(NCC(=O)c3cccc([N+](=O)[O-])c3)nc12. The van der Waals surface area contributed by atoms with Crippen LogP contribution in [-0.4, -0.2) is 28.8 Å². The molecule has 0 bridgehead atoms. The Morgan fingerprint density at radius 3 is 2.88 bits per heavy atom. The molecule has 0 spiro atoms. The Kier molecular flexibility index (Phi) is 4.90. The topological polar surface area (TPSA) is 94.4 Å². The highest BCUT2D eigenvalue weighted by atomic mass is 32.1. The minimum Gasteiger partial charge on any atom is -0.492 e. The molecule has 1 heterocycles. The van der Waals surface area contributed by atoms with E-state index in [-0.39, 0.29) is 23.6 Å². The summed E-state index contributed by atoms with van der Waals surface area (Å²) in [6, 6.07) is 11.4. The van der Waals surface area contributed by atoms with E-state index < -0.39 is 4.92 Å². The second-order valence-electron chi connectivity index (χ2n) is 5.14. The third-order valence-corrected chi connectivity index (χ3v) is 4.44. The maximum absolute atomic E-state index is 12.2. The molecule has 2 aromatic carbocycles. The van der Waals surface area contributed by atoms with E-state index in [4.69, 9.17) is 4.74 Å². The zero-order chi connectivity index (χ0) is 17.8. The van der Waals surface area contributed by atoms with Crippen LogP contribution in [0.15, 0.2) is 42.5 Å². The van der Waals surface area contributed by atoms with Crippen LogP contribution in [0.3, 0.4) is 0 Å². The summed E-state index contributed by atoms with van der Waals surface area (Å²) < 4.78 is 6.50. The largest absolute Gasteiger partial charge is 0.492 e. The predicted molar refractivity (Wildman–Crippen MR) is 96.7 cm³/mol. The number of aromatic nitrogens is 1. The fourth-order valence-corrected chi connectivity index (χ4v) is 3.20. The normalized spacial score (nSPS) is 10.6. The quantitative estimate of drug-likeness (QED) is 0.391. The number of nitrogens with one attached hydrogen (secondary N) is 1. The van der Waals surface area contributed by atoms with Crippen molar-refractivity contribution in [2.45, 2.75) is 6.92 Å². The third-order valence-electron chi connectivity index (χ3n) is 3.46. The van der Waals surface area contributed by atoms with Crippen LogP contribution in [0.25, 0.3) is 10.2 Å². The Hall–Kier alpha value is -3.00. The van der Waals surface area contributed by atoms with E-state index in [2.05, 4.69) is 10.3 Å². The lowest BCUT2D eigenvalue weighted by molar-refractivity contribution is -0.384. The van der Waals surface area contributed by atoms with Crippen LogP contribution in [0, 0.1) is 10.1 Å². The van der Waals surface area contributed by atoms with E-state index >= 15 is 0 Å². The van der Waals surface area contributed by atoms with Crippen LogP contribution in [0.1, 0.15) is 17.3 Å². The number of hydrogen-bond acceptors (Lipinski definition) is 7. The monoisotopic (exact) mass is 357 g/mol. The molecule has 1 aromatic heterocycles. The number of carbonyl (C=O) groups is 1. The number of nitro groups is 1. The summed E-state index contributed by atoms with van der Waals surface area (Å²) in [4.78, 5) is 27.0. The standard InChI is InChI=1S/C17H15N3O4S/c1-2-24-14-7-4-8-15-16(14)19-17(25-15)18-10-13(21)11-5-3-6-12(9-11)20(22)23/h3-9H,2,10H2,1H3,(H,18,19). The zero-order valence-corrected chi connectivity index (χ0v) is 14.2. The Bertz CT molecular complexity index is 939. The van der Waals surface area contributed by atoms with Crippen molar-refractivity contribution in [1.82, 2.24) is 4.98 Å². The highest BCUT2D eigenvalue weighted by Crippen LogP contribution is 2.32. The molecule has 0 unspecified atom stereocenters. The molecule has 0 radical (unpaired) electrons. The molecule has 0 atom stereocenters. The predicted octanol–water partition coefficient (Wildman–Crippen LogP) is 3.90. The first-order valence-corrected chi connectivity index (χ1v) is 8.44. The number of non-ortho nitro benzene ring substituents is 1. The van der Waals surface area contributed by atoms with Crippen molar-refractivity contribution in [3.05, 3.63) is 58.1 Å². The average Bonchev–Trinajstić information content (AvgIpc) is 3.04. The Morgan fingerprint density at radius 1 is 1.32 bits per heavy atom. The van der Waals surface area contributed by atoms with Crippen molar-refractivity contribution in [3.8, 4) is 5.75 Å². The second-order valence-corrected chi connectivity index (χ2v) is 6.17. The molecule has 8 heteroatoms. The Morgan fingerprint density at radius 2 is 2.12 bits per heavy atom. The van der Waals surface area contributed by atoms with Crippen molar-refractivity contribution in [1.29, 1.82) is 0 Å². The van der Waals surface area contributed by atoms with Crippen molar-refractivity contribution in [3.63, 3.8) is 0 Å². The van der Waals surface area contributed by atoms with Crippen molar-refractivity contribution >= 4 is 38.2 Å². The number of ether oxygens (including phenoxy) is 1. The average molecular weight is 357 g/mol. The first kappa shape index (κ1) is 16.8. The van der Waals surface area contributed by atoms with Gasteiger partial charge in [-0.15, -0.1) is 0 Å². The summed E-state index contributed by atoms with van der Waals surface area (Å²) >= 11 is 1.42.